The Kier molecular flexibility index (Phi) is 8.09. The number of pyridine rings is 1. The van der Waals surface area contributed by atoms with Crippen molar-refractivity contribution < 1.29 is 28.6 Å². The van der Waals surface area contributed by atoms with Gasteiger partial charge in [0.15, 0.2) is 6.29 Å². The van der Waals surface area contributed by atoms with E-state index in [1.165, 1.54) is 32.7 Å². The van der Waals surface area contributed by atoms with Crippen molar-refractivity contribution in [2.24, 2.45) is 0 Å². The highest BCUT2D eigenvalue weighted by Crippen LogP contribution is 2.00. The molecule has 130 valence electrons. The van der Waals surface area contributed by atoms with Crippen LogP contribution in [-0.2, 0) is 23.8 Å². The van der Waals surface area contributed by atoms with E-state index in [2.05, 4.69) is 20.4 Å². The largest absolute Gasteiger partial charge is 0.465 e. The first kappa shape index (κ1) is 19.3. The Morgan fingerprint density at radius 1 is 1.25 bits per heavy atom. The Balaban J connectivity index is 2.79. The molecule has 0 unspecified atom stereocenters. The first-order valence-electron chi connectivity index (χ1n) is 6.86. The van der Waals surface area contributed by atoms with Crippen LogP contribution in [0, 0.1) is 0 Å². The normalized spacial score (nSPS) is 11.1. The zero-order chi connectivity index (χ0) is 17.9. The molecule has 0 saturated heterocycles. The summed E-state index contributed by atoms with van der Waals surface area (Å²) in [4.78, 5) is 39.5. The van der Waals surface area contributed by atoms with Crippen LogP contribution in [0.2, 0.25) is 0 Å². The van der Waals surface area contributed by atoms with Crippen molar-refractivity contribution in [2.75, 3.05) is 27.9 Å². The van der Waals surface area contributed by atoms with Gasteiger partial charge >= 0.3 is 5.97 Å². The third-order valence-electron chi connectivity index (χ3n) is 2.88. The lowest BCUT2D eigenvalue weighted by Gasteiger charge is -2.14. The molecule has 0 aliphatic carbocycles. The Hall–Kier alpha value is -2.78. The molecule has 0 spiro atoms. The van der Waals surface area contributed by atoms with Gasteiger partial charge in [-0.1, -0.05) is 0 Å². The summed E-state index contributed by atoms with van der Waals surface area (Å²) in [6, 6.07) is 3.12. The van der Waals surface area contributed by atoms with E-state index in [4.69, 9.17) is 9.47 Å². The predicted molar refractivity (Wildman–Crippen MR) is 82.6 cm³/mol. The maximum atomic E-state index is 12.1. The molecule has 9 heteroatoms. The van der Waals surface area contributed by atoms with Crippen LogP contribution in [0.5, 0.6) is 0 Å². The molecule has 0 aliphatic rings. The van der Waals surface area contributed by atoms with Gasteiger partial charge in [0.25, 0.3) is 11.8 Å². The second-order valence-electron chi connectivity index (χ2n) is 4.38. The molecule has 0 atom stereocenters. The van der Waals surface area contributed by atoms with Gasteiger partial charge in [0.1, 0.15) is 5.57 Å². The molecule has 0 fully saturated rings. The zero-order valence-corrected chi connectivity index (χ0v) is 13.6. The molecule has 0 saturated carbocycles. The number of nitrogens with zero attached hydrogens (tertiary/aromatic N) is 1. The van der Waals surface area contributed by atoms with Crippen LogP contribution in [0.4, 0.5) is 0 Å². The number of carbonyl (C=O) groups excluding carboxylic acids is 3. The Labute approximate surface area is 139 Å². The van der Waals surface area contributed by atoms with E-state index < -0.39 is 24.1 Å². The van der Waals surface area contributed by atoms with E-state index in [9.17, 15) is 14.4 Å². The Morgan fingerprint density at radius 3 is 2.50 bits per heavy atom. The van der Waals surface area contributed by atoms with Crippen LogP contribution in [0.3, 0.4) is 0 Å². The molecular weight excluding hydrogens is 318 g/mol. The van der Waals surface area contributed by atoms with Crippen molar-refractivity contribution >= 4 is 17.8 Å². The van der Waals surface area contributed by atoms with E-state index in [0.29, 0.717) is 0 Å². The number of aromatic nitrogens is 1. The summed E-state index contributed by atoms with van der Waals surface area (Å²) in [7, 11) is 3.94. The summed E-state index contributed by atoms with van der Waals surface area (Å²) >= 11 is 0. The van der Waals surface area contributed by atoms with Gasteiger partial charge in [-0.25, -0.2) is 4.79 Å². The summed E-state index contributed by atoms with van der Waals surface area (Å²) in [6.07, 6.45) is 3.17. The highest BCUT2D eigenvalue weighted by molar-refractivity contribution is 6.16. The summed E-state index contributed by atoms with van der Waals surface area (Å²) in [5.41, 5.74) is -0.0992. The SMILES string of the molecule is COC(=O)/C(=C/NC(=O)c1cccnc1)C(=O)NCC(OC)OC. The van der Waals surface area contributed by atoms with Crippen molar-refractivity contribution in [1.82, 2.24) is 15.6 Å². The molecule has 0 aliphatic heterocycles. The van der Waals surface area contributed by atoms with Crippen molar-refractivity contribution in [3.05, 3.63) is 41.9 Å². The standard InChI is InChI=1S/C15H19N3O6/c1-22-12(23-2)9-18-14(20)11(15(21)24-3)8-17-13(19)10-5-4-6-16-7-10/h4-8,12H,9H2,1-3H3,(H,17,19)(H,18,20)/b11-8+. The highest BCUT2D eigenvalue weighted by Gasteiger charge is 2.20. The van der Waals surface area contributed by atoms with Crippen molar-refractivity contribution in [2.45, 2.75) is 6.29 Å². The lowest BCUT2D eigenvalue weighted by Crippen LogP contribution is -2.37. The summed E-state index contributed by atoms with van der Waals surface area (Å²) < 4.78 is 14.4. The molecule has 2 N–H and O–H groups in total. The molecule has 1 heterocycles. The molecule has 9 nitrogen and oxygen atoms in total. The number of esters is 1. The molecule has 0 bridgehead atoms. The molecule has 2 amide bonds. The molecule has 24 heavy (non-hydrogen) atoms. The van der Waals surface area contributed by atoms with Crippen LogP contribution >= 0.6 is 0 Å². The number of ether oxygens (including phenoxy) is 3. The average molecular weight is 337 g/mol. The summed E-state index contributed by atoms with van der Waals surface area (Å²) in [6.45, 7) is 0.0106. The minimum atomic E-state index is -0.898. The topological polar surface area (TPSA) is 116 Å². The third kappa shape index (κ3) is 5.78. The third-order valence-corrected chi connectivity index (χ3v) is 2.88. The van der Waals surface area contributed by atoms with Crippen LogP contribution < -0.4 is 10.6 Å². The van der Waals surface area contributed by atoms with E-state index in [1.807, 2.05) is 0 Å². The van der Waals surface area contributed by atoms with E-state index in [1.54, 1.807) is 6.07 Å². The molecule has 1 aromatic heterocycles. The first-order valence-corrected chi connectivity index (χ1v) is 6.86. The molecule has 0 radical (unpaired) electrons. The number of hydrogen-bond donors (Lipinski definition) is 2. The number of rotatable bonds is 8. The summed E-state index contributed by atoms with van der Waals surface area (Å²) in [5, 5.41) is 4.79. The number of carbonyl (C=O) groups is 3. The first-order chi connectivity index (χ1) is 11.5. The van der Waals surface area contributed by atoms with Crippen molar-refractivity contribution in [1.29, 1.82) is 0 Å². The average Bonchev–Trinajstić information content (AvgIpc) is 2.62. The van der Waals surface area contributed by atoms with Gasteiger partial charge in [-0.15, -0.1) is 0 Å². The van der Waals surface area contributed by atoms with E-state index in [0.717, 1.165) is 13.3 Å². The predicted octanol–water partition coefficient (Wildman–Crippen LogP) is -0.397. The number of amides is 2. The minimum absolute atomic E-state index is 0.0106. The number of hydrogen-bond acceptors (Lipinski definition) is 7. The second-order valence-corrected chi connectivity index (χ2v) is 4.38. The van der Waals surface area contributed by atoms with E-state index >= 15 is 0 Å². The lowest BCUT2D eigenvalue weighted by molar-refractivity contribution is -0.139. The molecular formula is C15H19N3O6. The lowest BCUT2D eigenvalue weighted by atomic mass is 10.2. The van der Waals surface area contributed by atoms with Gasteiger partial charge in [0.2, 0.25) is 0 Å². The Morgan fingerprint density at radius 2 is 1.96 bits per heavy atom. The van der Waals surface area contributed by atoms with Gasteiger partial charge < -0.3 is 24.8 Å². The number of methoxy groups -OCH3 is 3. The van der Waals surface area contributed by atoms with Gasteiger partial charge in [-0.2, -0.15) is 0 Å². The van der Waals surface area contributed by atoms with Gasteiger partial charge in [0.05, 0.1) is 19.2 Å². The zero-order valence-electron chi connectivity index (χ0n) is 13.6. The smallest absolute Gasteiger partial charge is 0.344 e. The monoisotopic (exact) mass is 337 g/mol. The van der Waals surface area contributed by atoms with Crippen LogP contribution in [0.25, 0.3) is 0 Å². The van der Waals surface area contributed by atoms with Gasteiger partial charge in [0, 0.05) is 32.8 Å². The Bertz CT molecular complexity index is 598. The van der Waals surface area contributed by atoms with Gasteiger partial charge in [-0.05, 0) is 12.1 Å². The molecule has 1 aromatic rings. The second kappa shape index (κ2) is 10.1. The van der Waals surface area contributed by atoms with Crippen molar-refractivity contribution in [3.8, 4) is 0 Å². The minimum Gasteiger partial charge on any atom is -0.465 e. The van der Waals surface area contributed by atoms with Crippen molar-refractivity contribution in [3.63, 3.8) is 0 Å². The summed E-state index contributed by atoms with van der Waals surface area (Å²) in [5.74, 6) is -2.17. The van der Waals surface area contributed by atoms with Crippen LogP contribution in [0.1, 0.15) is 10.4 Å². The maximum Gasteiger partial charge on any atom is 0.344 e. The quantitative estimate of drug-likeness (QED) is 0.218. The number of nitrogens with one attached hydrogen (secondary N) is 2. The fraction of sp³-hybridized carbons (Fsp3) is 0.333. The van der Waals surface area contributed by atoms with Crippen LogP contribution in [0.15, 0.2) is 36.3 Å². The highest BCUT2D eigenvalue weighted by atomic mass is 16.7. The van der Waals surface area contributed by atoms with Gasteiger partial charge in [-0.3, -0.25) is 14.6 Å². The molecule has 1 rings (SSSR count). The fourth-order valence-corrected chi connectivity index (χ4v) is 1.58. The maximum absolute atomic E-state index is 12.1. The van der Waals surface area contributed by atoms with E-state index in [-0.39, 0.29) is 17.7 Å². The molecule has 0 aromatic carbocycles. The van der Waals surface area contributed by atoms with Crippen LogP contribution in [-0.4, -0.2) is 56.9 Å². The fourth-order valence-electron chi connectivity index (χ4n) is 1.58.